The zero-order chi connectivity index (χ0) is 15.2. The van der Waals surface area contributed by atoms with Gasteiger partial charge in [-0.25, -0.2) is 0 Å². The average Bonchev–Trinajstić information content (AvgIpc) is 2.88. The monoisotopic (exact) mass is 299 g/mol. The summed E-state index contributed by atoms with van der Waals surface area (Å²) in [7, 11) is 0. The quantitative estimate of drug-likeness (QED) is 0.804. The molecule has 0 saturated heterocycles. The van der Waals surface area contributed by atoms with E-state index in [-0.39, 0.29) is 11.9 Å². The lowest BCUT2D eigenvalue weighted by molar-refractivity contribution is -0.117. The molecule has 0 saturated carbocycles. The number of nitrogens with one attached hydrogen (secondary N) is 1. The first-order valence-corrected chi connectivity index (χ1v) is 8.03. The van der Waals surface area contributed by atoms with E-state index in [9.17, 15) is 4.79 Å². The van der Waals surface area contributed by atoms with Crippen LogP contribution in [-0.4, -0.2) is 5.91 Å². The van der Waals surface area contributed by atoms with E-state index < -0.39 is 0 Å². The normalized spacial score (nSPS) is 12.8. The molecule has 1 amide bonds. The van der Waals surface area contributed by atoms with Crippen LogP contribution in [0.2, 0.25) is 0 Å². The number of hydrogen-bond acceptors (Lipinski definition) is 2. The zero-order valence-corrected chi connectivity index (χ0v) is 13.5. The Bertz CT molecular complexity index is 613. The minimum absolute atomic E-state index is 0.0350. The highest BCUT2D eigenvalue weighted by Gasteiger charge is 2.16. The van der Waals surface area contributed by atoms with E-state index in [4.69, 9.17) is 0 Å². The van der Waals surface area contributed by atoms with Gasteiger partial charge in [-0.15, -0.1) is 11.3 Å². The second kappa shape index (κ2) is 7.23. The van der Waals surface area contributed by atoms with Gasteiger partial charge in [-0.2, -0.15) is 0 Å². The predicted molar refractivity (Wildman–Crippen MR) is 90.3 cm³/mol. The molecule has 0 spiro atoms. The maximum absolute atomic E-state index is 12.1. The van der Waals surface area contributed by atoms with Crippen molar-refractivity contribution in [3.63, 3.8) is 0 Å². The number of amides is 1. The van der Waals surface area contributed by atoms with E-state index in [1.54, 1.807) is 17.4 Å². The maximum Gasteiger partial charge on any atom is 0.244 e. The predicted octanol–water partition coefficient (Wildman–Crippen LogP) is 4.58. The summed E-state index contributed by atoms with van der Waals surface area (Å²) < 4.78 is 0. The van der Waals surface area contributed by atoms with Gasteiger partial charge in [0.05, 0.1) is 6.04 Å². The Labute approximate surface area is 130 Å². The van der Waals surface area contributed by atoms with Crippen molar-refractivity contribution in [3.05, 3.63) is 63.9 Å². The third kappa shape index (κ3) is 4.30. The molecule has 21 heavy (non-hydrogen) atoms. The fourth-order valence-corrected chi connectivity index (χ4v) is 3.02. The summed E-state index contributed by atoms with van der Waals surface area (Å²) in [4.78, 5) is 13.3. The number of thiophene rings is 1. The average molecular weight is 299 g/mol. The Morgan fingerprint density at radius 1 is 1.19 bits per heavy atom. The summed E-state index contributed by atoms with van der Waals surface area (Å²) in [6, 6.07) is 12.2. The fraction of sp³-hybridized carbons (Fsp3) is 0.278. The second-order valence-corrected chi connectivity index (χ2v) is 6.39. The molecule has 0 bridgehead atoms. The van der Waals surface area contributed by atoms with Crippen molar-refractivity contribution in [2.75, 3.05) is 0 Å². The summed E-state index contributed by atoms with van der Waals surface area (Å²) in [5, 5.41) is 5.13. The Balaban J connectivity index is 2.06. The summed E-state index contributed by atoms with van der Waals surface area (Å²) in [6.45, 7) is 6.28. The molecule has 2 nitrogen and oxygen atoms in total. The Morgan fingerprint density at radius 2 is 1.90 bits per heavy atom. The van der Waals surface area contributed by atoms with Crippen molar-refractivity contribution in [3.8, 4) is 0 Å². The standard InChI is InChI=1S/C18H21NOS/c1-13(2)18(15-7-5-4-6-8-15)19-17(20)10-9-16-14(3)11-12-21-16/h4-13,18H,1-3H3,(H,19,20)/b10-9+. The Hall–Kier alpha value is -1.87. The van der Waals surface area contributed by atoms with Crippen molar-refractivity contribution in [2.45, 2.75) is 26.8 Å². The smallest absolute Gasteiger partial charge is 0.244 e. The first-order chi connectivity index (χ1) is 10.1. The molecule has 0 radical (unpaired) electrons. The molecule has 0 aliphatic rings. The van der Waals surface area contributed by atoms with Crippen LogP contribution in [0.4, 0.5) is 0 Å². The van der Waals surface area contributed by atoms with Crippen LogP contribution in [0.5, 0.6) is 0 Å². The van der Waals surface area contributed by atoms with Gasteiger partial charge in [0.15, 0.2) is 0 Å². The van der Waals surface area contributed by atoms with Gasteiger partial charge in [-0.3, -0.25) is 4.79 Å². The molecular weight excluding hydrogens is 278 g/mol. The summed E-state index contributed by atoms with van der Waals surface area (Å²) >= 11 is 1.65. The highest BCUT2D eigenvalue weighted by molar-refractivity contribution is 7.11. The summed E-state index contributed by atoms with van der Waals surface area (Å²) in [6.07, 6.45) is 3.51. The van der Waals surface area contributed by atoms with Gasteiger partial charge < -0.3 is 5.32 Å². The van der Waals surface area contributed by atoms with E-state index in [1.807, 2.05) is 29.7 Å². The van der Waals surface area contributed by atoms with Gasteiger partial charge in [-0.05, 0) is 41.5 Å². The molecule has 0 aliphatic carbocycles. The van der Waals surface area contributed by atoms with Crippen molar-refractivity contribution in [1.82, 2.24) is 5.32 Å². The first kappa shape index (κ1) is 15.5. The topological polar surface area (TPSA) is 29.1 Å². The van der Waals surface area contributed by atoms with Crippen LogP contribution in [0.15, 0.2) is 47.9 Å². The molecule has 1 atom stereocenters. The van der Waals surface area contributed by atoms with Crippen LogP contribution in [0.1, 0.15) is 35.9 Å². The zero-order valence-electron chi connectivity index (χ0n) is 12.7. The molecule has 0 fully saturated rings. The number of benzene rings is 1. The van der Waals surface area contributed by atoms with E-state index in [2.05, 4.69) is 44.3 Å². The van der Waals surface area contributed by atoms with Crippen LogP contribution < -0.4 is 5.32 Å². The molecule has 1 aromatic carbocycles. The third-order valence-corrected chi connectivity index (χ3v) is 4.40. The molecule has 0 aliphatic heterocycles. The molecule has 2 rings (SSSR count). The van der Waals surface area contributed by atoms with Gasteiger partial charge in [0.2, 0.25) is 5.91 Å². The highest BCUT2D eigenvalue weighted by Crippen LogP contribution is 2.21. The van der Waals surface area contributed by atoms with Crippen molar-refractivity contribution < 1.29 is 4.79 Å². The largest absolute Gasteiger partial charge is 0.345 e. The van der Waals surface area contributed by atoms with Crippen molar-refractivity contribution >= 4 is 23.3 Å². The van der Waals surface area contributed by atoms with Gasteiger partial charge in [-0.1, -0.05) is 44.2 Å². The van der Waals surface area contributed by atoms with E-state index in [1.165, 1.54) is 5.56 Å². The molecular formula is C18H21NOS. The number of rotatable bonds is 5. The van der Waals surface area contributed by atoms with Crippen LogP contribution >= 0.6 is 11.3 Å². The van der Waals surface area contributed by atoms with Crippen molar-refractivity contribution in [1.29, 1.82) is 0 Å². The van der Waals surface area contributed by atoms with E-state index >= 15 is 0 Å². The van der Waals surface area contributed by atoms with E-state index in [0.29, 0.717) is 5.92 Å². The van der Waals surface area contributed by atoms with Gasteiger partial charge in [0.1, 0.15) is 0 Å². The number of hydrogen-bond donors (Lipinski definition) is 1. The van der Waals surface area contributed by atoms with Crippen LogP contribution in [-0.2, 0) is 4.79 Å². The van der Waals surface area contributed by atoms with Crippen molar-refractivity contribution in [2.24, 2.45) is 5.92 Å². The fourth-order valence-electron chi connectivity index (χ4n) is 2.20. The number of aryl methyl sites for hydroxylation is 1. The highest BCUT2D eigenvalue weighted by atomic mass is 32.1. The Kier molecular flexibility index (Phi) is 5.34. The van der Waals surface area contributed by atoms with Gasteiger partial charge in [0, 0.05) is 11.0 Å². The molecule has 2 aromatic rings. The van der Waals surface area contributed by atoms with Crippen LogP contribution in [0.3, 0.4) is 0 Å². The molecule has 110 valence electrons. The SMILES string of the molecule is Cc1ccsc1/C=C/C(=O)NC(c1ccccc1)C(C)C. The minimum atomic E-state index is -0.0506. The van der Waals surface area contributed by atoms with Crippen LogP contribution in [0, 0.1) is 12.8 Å². The maximum atomic E-state index is 12.1. The lowest BCUT2D eigenvalue weighted by Gasteiger charge is -2.22. The molecule has 1 heterocycles. The summed E-state index contributed by atoms with van der Waals surface area (Å²) in [5.41, 5.74) is 2.34. The molecule has 1 N–H and O–H groups in total. The lowest BCUT2D eigenvalue weighted by atomic mass is 9.96. The number of carbonyl (C=O) groups excluding carboxylic acids is 1. The first-order valence-electron chi connectivity index (χ1n) is 7.15. The molecule has 1 unspecified atom stereocenters. The van der Waals surface area contributed by atoms with Gasteiger partial charge in [0.25, 0.3) is 0 Å². The Morgan fingerprint density at radius 3 is 2.48 bits per heavy atom. The third-order valence-electron chi connectivity index (χ3n) is 3.41. The lowest BCUT2D eigenvalue weighted by Crippen LogP contribution is -2.30. The summed E-state index contributed by atoms with van der Waals surface area (Å²) in [5.74, 6) is 0.290. The number of carbonyl (C=O) groups is 1. The minimum Gasteiger partial charge on any atom is -0.345 e. The molecule has 1 aromatic heterocycles. The van der Waals surface area contributed by atoms with E-state index in [0.717, 1.165) is 10.4 Å². The molecule has 3 heteroatoms. The van der Waals surface area contributed by atoms with Crippen LogP contribution in [0.25, 0.3) is 6.08 Å². The second-order valence-electron chi connectivity index (χ2n) is 5.44. The van der Waals surface area contributed by atoms with Gasteiger partial charge >= 0.3 is 0 Å².